The minimum Gasteiger partial charge on any atom is -0.314 e. The minimum atomic E-state index is -0.249. The standard InChI is InChI=1S/C18H20N2O/c1-13-4-7-16(8-5-13)10-11-19-18(21)20-17-9-6-14(2)15(3)12-17/h4-12H,1-3H3,(H2,19,20,21)/b11-10+. The maximum absolute atomic E-state index is 11.8. The van der Waals surface area contributed by atoms with Crippen LogP contribution in [-0.4, -0.2) is 6.03 Å². The molecule has 2 amide bonds. The van der Waals surface area contributed by atoms with Crippen LogP contribution in [0.25, 0.3) is 6.08 Å². The fourth-order valence-corrected chi connectivity index (χ4v) is 1.88. The van der Waals surface area contributed by atoms with Gasteiger partial charge in [-0.25, -0.2) is 4.79 Å². The molecular weight excluding hydrogens is 260 g/mol. The molecule has 3 nitrogen and oxygen atoms in total. The van der Waals surface area contributed by atoms with Crippen LogP contribution >= 0.6 is 0 Å². The first-order chi connectivity index (χ1) is 10.0. The van der Waals surface area contributed by atoms with Crippen molar-refractivity contribution in [1.29, 1.82) is 0 Å². The number of carbonyl (C=O) groups excluding carboxylic acids is 1. The van der Waals surface area contributed by atoms with Gasteiger partial charge in [0.2, 0.25) is 0 Å². The molecule has 0 aromatic heterocycles. The van der Waals surface area contributed by atoms with E-state index in [0.717, 1.165) is 16.8 Å². The van der Waals surface area contributed by atoms with Crippen LogP contribution in [0.1, 0.15) is 22.3 Å². The summed E-state index contributed by atoms with van der Waals surface area (Å²) in [6, 6.07) is 13.7. The quantitative estimate of drug-likeness (QED) is 0.859. The van der Waals surface area contributed by atoms with Gasteiger partial charge in [0.25, 0.3) is 0 Å². The first kappa shape index (κ1) is 14.9. The highest BCUT2D eigenvalue weighted by atomic mass is 16.2. The Bertz CT molecular complexity index is 657. The van der Waals surface area contributed by atoms with E-state index in [9.17, 15) is 4.79 Å². The van der Waals surface area contributed by atoms with Gasteiger partial charge in [0, 0.05) is 11.9 Å². The van der Waals surface area contributed by atoms with Gasteiger partial charge in [-0.05, 0) is 55.7 Å². The fourth-order valence-electron chi connectivity index (χ4n) is 1.88. The van der Waals surface area contributed by atoms with E-state index in [2.05, 4.69) is 10.6 Å². The van der Waals surface area contributed by atoms with Gasteiger partial charge in [-0.15, -0.1) is 0 Å². The number of anilines is 1. The highest BCUT2D eigenvalue weighted by molar-refractivity contribution is 5.90. The fraction of sp³-hybridized carbons (Fsp3) is 0.167. The molecule has 0 bridgehead atoms. The number of hydrogen-bond donors (Lipinski definition) is 2. The molecular formula is C18H20N2O. The third kappa shape index (κ3) is 4.49. The zero-order valence-corrected chi connectivity index (χ0v) is 12.6. The van der Waals surface area contributed by atoms with Crippen molar-refractivity contribution in [3.63, 3.8) is 0 Å². The van der Waals surface area contributed by atoms with E-state index >= 15 is 0 Å². The Labute approximate surface area is 125 Å². The van der Waals surface area contributed by atoms with E-state index in [1.807, 2.05) is 69.3 Å². The third-order valence-corrected chi connectivity index (χ3v) is 3.33. The van der Waals surface area contributed by atoms with Crippen LogP contribution in [0.5, 0.6) is 0 Å². The molecule has 0 fully saturated rings. The molecule has 2 aromatic carbocycles. The maximum atomic E-state index is 11.8. The lowest BCUT2D eigenvalue weighted by Crippen LogP contribution is -2.23. The van der Waals surface area contributed by atoms with Crippen LogP contribution in [0.4, 0.5) is 10.5 Å². The second kappa shape index (κ2) is 6.75. The summed E-state index contributed by atoms with van der Waals surface area (Å²) >= 11 is 0. The molecule has 2 rings (SSSR count). The van der Waals surface area contributed by atoms with Gasteiger partial charge >= 0.3 is 6.03 Å². The van der Waals surface area contributed by atoms with Crippen molar-refractivity contribution in [2.24, 2.45) is 0 Å². The molecule has 0 aliphatic heterocycles. The van der Waals surface area contributed by atoms with Crippen LogP contribution in [0.15, 0.2) is 48.7 Å². The summed E-state index contributed by atoms with van der Waals surface area (Å²) in [5, 5.41) is 5.50. The monoisotopic (exact) mass is 280 g/mol. The van der Waals surface area contributed by atoms with E-state index in [0.29, 0.717) is 0 Å². The first-order valence-electron chi connectivity index (χ1n) is 6.92. The Morgan fingerprint density at radius 3 is 2.33 bits per heavy atom. The number of nitrogens with one attached hydrogen (secondary N) is 2. The molecule has 108 valence electrons. The third-order valence-electron chi connectivity index (χ3n) is 3.33. The van der Waals surface area contributed by atoms with E-state index in [1.54, 1.807) is 6.20 Å². The summed E-state index contributed by atoms with van der Waals surface area (Å²) in [6.07, 6.45) is 3.50. The van der Waals surface area contributed by atoms with Crippen molar-refractivity contribution in [2.75, 3.05) is 5.32 Å². The highest BCUT2D eigenvalue weighted by Gasteiger charge is 2.00. The van der Waals surface area contributed by atoms with Gasteiger partial charge in [0.1, 0.15) is 0 Å². The topological polar surface area (TPSA) is 41.1 Å². The Kier molecular flexibility index (Phi) is 4.77. The van der Waals surface area contributed by atoms with Crippen molar-refractivity contribution in [3.05, 3.63) is 70.9 Å². The second-order valence-corrected chi connectivity index (χ2v) is 5.14. The molecule has 21 heavy (non-hydrogen) atoms. The van der Waals surface area contributed by atoms with Crippen molar-refractivity contribution in [2.45, 2.75) is 20.8 Å². The molecule has 3 heteroatoms. The van der Waals surface area contributed by atoms with Crippen molar-refractivity contribution >= 4 is 17.8 Å². The molecule has 0 unspecified atom stereocenters. The number of benzene rings is 2. The second-order valence-electron chi connectivity index (χ2n) is 5.14. The average Bonchev–Trinajstić information content (AvgIpc) is 2.45. The minimum absolute atomic E-state index is 0.249. The molecule has 0 radical (unpaired) electrons. The van der Waals surface area contributed by atoms with Gasteiger partial charge in [-0.3, -0.25) is 0 Å². The summed E-state index contributed by atoms with van der Waals surface area (Å²) in [4.78, 5) is 11.8. The van der Waals surface area contributed by atoms with E-state index in [4.69, 9.17) is 0 Å². The number of urea groups is 1. The zero-order valence-electron chi connectivity index (χ0n) is 12.6. The van der Waals surface area contributed by atoms with Crippen LogP contribution in [0.3, 0.4) is 0 Å². The maximum Gasteiger partial charge on any atom is 0.323 e. The predicted molar refractivity (Wildman–Crippen MR) is 88.3 cm³/mol. The summed E-state index contributed by atoms with van der Waals surface area (Å²) in [7, 11) is 0. The van der Waals surface area contributed by atoms with Crippen LogP contribution in [-0.2, 0) is 0 Å². The van der Waals surface area contributed by atoms with Gasteiger partial charge in [-0.1, -0.05) is 35.9 Å². The molecule has 0 saturated heterocycles. The zero-order chi connectivity index (χ0) is 15.2. The smallest absolute Gasteiger partial charge is 0.314 e. The van der Waals surface area contributed by atoms with Gasteiger partial charge < -0.3 is 10.6 Å². The number of amides is 2. The molecule has 0 saturated carbocycles. The van der Waals surface area contributed by atoms with Crippen molar-refractivity contribution in [3.8, 4) is 0 Å². The Hall–Kier alpha value is -2.55. The summed E-state index contributed by atoms with van der Waals surface area (Å²) in [5.41, 5.74) is 5.42. The Morgan fingerprint density at radius 1 is 0.952 bits per heavy atom. The normalized spacial score (nSPS) is 10.6. The van der Waals surface area contributed by atoms with Crippen molar-refractivity contribution < 1.29 is 4.79 Å². The Balaban J connectivity index is 1.89. The van der Waals surface area contributed by atoms with Crippen LogP contribution < -0.4 is 10.6 Å². The molecule has 0 atom stereocenters. The van der Waals surface area contributed by atoms with E-state index in [-0.39, 0.29) is 6.03 Å². The SMILES string of the molecule is Cc1ccc(/C=C/NC(=O)Nc2ccc(C)c(C)c2)cc1. The van der Waals surface area contributed by atoms with Gasteiger partial charge in [0.15, 0.2) is 0 Å². The lowest BCUT2D eigenvalue weighted by atomic mass is 10.1. The summed E-state index contributed by atoms with van der Waals surface area (Å²) < 4.78 is 0. The van der Waals surface area contributed by atoms with Crippen molar-refractivity contribution in [1.82, 2.24) is 5.32 Å². The predicted octanol–water partition coefficient (Wildman–Crippen LogP) is 4.40. The molecule has 0 spiro atoms. The van der Waals surface area contributed by atoms with Crippen LogP contribution in [0, 0.1) is 20.8 Å². The van der Waals surface area contributed by atoms with E-state index in [1.165, 1.54) is 11.1 Å². The molecule has 2 aromatic rings. The number of carbonyl (C=O) groups is 1. The summed E-state index contributed by atoms with van der Waals surface area (Å²) in [5.74, 6) is 0. The average molecular weight is 280 g/mol. The summed E-state index contributed by atoms with van der Waals surface area (Å²) in [6.45, 7) is 6.11. The van der Waals surface area contributed by atoms with E-state index < -0.39 is 0 Å². The van der Waals surface area contributed by atoms with Gasteiger partial charge in [-0.2, -0.15) is 0 Å². The number of rotatable bonds is 3. The molecule has 2 N–H and O–H groups in total. The largest absolute Gasteiger partial charge is 0.323 e. The first-order valence-corrected chi connectivity index (χ1v) is 6.92. The molecule has 0 heterocycles. The lowest BCUT2D eigenvalue weighted by Gasteiger charge is -2.07. The van der Waals surface area contributed by atoms with Gasteiger partial charge in [0.05, 0.1) is 0 Å². The molecule has 0 aliphatic carbocycles. The Morgan fingerprint density at radius 2 is 1.67 bits per heavy atom. The molecule has 0 aliphatic rings. The number of hydrogen-bond acceptors (Lipinski definition) is 1. The highest BCUT2D eigenvalue weighted by Crippen LogP contribution is 2.13. The number of aryl methyl sites for hydroxylation is 3. The lowest BCUT2D eigenvalue weighted by molar-refractivity contribution is 0.255. The van der Waals surface area contributed by atoms with Crippen LogP contribution in [0.2, 0.25) is 0 Å².